The number of hydrogen-bond donors (Lipinski definition) is 1. The number of hydrogen-bond acceptors (Lipinski definition) is 4. The van der Waals surface area contributed by atoms with Gasteiger partial charge in [0, 0.05) is 4.90 Å². The van der Waals surface area contributed by atoms with E-state index in [0.717, 1.165) is 0 Å². The minimum Gasteiger partial charge on any atom is -0.462 e. The maximum absolute atomic E-state index is 12.1. The first-order valence-electron chi connectivity index (χ1n) is 4.60. The zero-order chi connectivity index (χ0) is 13.1. The highest BCUT2D eigenvalue weighted by Crippen LogP contribution is 2.32. The summed E-state index contributed by atoms with van der Waals surface area (Å²) in [6.45, 7) is 1.60. The fraction of sp³-hybridized carbons (Fsp3) is 0.300. The molecule has 0 aliphatic rings. The van der Waals surface area contributed by atoms with Crippen LogP contribution in [-0.2, 0) is 4.74 Å². The van der Waals surface area contributed by atoms with Crippen molar-refractivity contribution in [3.8, 4) is 5.75 Å². The van der Waals surface area contributed by atoms with E-state index in [-0.39, 0.29) is 17.1 Å². The lowest BCUT2D eigenvalue weighted by Gasteiger charge is -2.14. The first-order valence-corrected chi connectivity index (χ1v) is 5.04. The SMILES string of the molecule is CCOC(=O)c1cccc(S)c1OC(F)(F)F. The summed E-state index contributed by atoms with van der Waals surface area (Å²) in [5, 5.41) is 0. The molecule has 1 aromatic carbocycles. The van der Waals surface area contributed by atoms with Crippen LogP contribution in [0.15, 0.2) is 23.1 Å². The number of alkyl halides is 3. The predicted molar refractivity (Wildman–Crippen MR) is 56.3 cm³/mol. The second-order valence-electron chi connectivity index (χ2n) is 2.92. The second-order valence-corrected chi connectivity index (χ2v) is 3.40. The summed E-state index contributed by atoms with van der Waals surface area (Å²) < 4.78 is 44.8. The first-order chi connectivity index (χ1) is 7.85. The van der Waals surface area contributed by atoms with Gasteiger partial charge < -0.3 is 9.47 Å². The summed E-state index contributed by atoms with van der Waals surface area (Å²) in [4.78, 5) is 11.3. The molecular formula is C10H9F3O3S. The van der Waals surface area contributed by atoms with Crippen LogP contribution in [0.1, 0.15) is 17.3 Å². The predicted octanol–water partition coefficient (Wildman–Crippen LogP) is 3.05. The summed E-state index contributed by atoms with van der Waals surface area (Å²) in [5.74, 6) is -1.54. The average molecular weight is 266 g/mol. The summed E-state index contributed by atoms with van der Waals surface area (Å²) in [5.41, 5.74) is -0.309. The van der Waals surface area contributed by atoms with E-state index in [1.54, 1.807) is 6.92 Å². The highest BCUT2D eigenvalue weighted by Gasteiger charge is 2.34. The van der Waals surface area contributed by atoms with Crippen LogP contribution in [0, 0.1) is 0 Å². The van der Waals surface area contributed by atoms with E-state index >= 15 is 0 Å². The molecule has 0 bridgehead atoms. The molecule has 0 amide bonds. The van der Waals surface area contributed by atoms with Gasteiger partial charge in [0.25, 0.3) is 0 Å². The minimum atomic E-state index is -4.89. The van der Waals surface area contributed by atoms with Crippen molar-refractivity contribution in [2.24, 2.45) is 0 Å². The van der Waals surface area contributed by atoms with Gasteiger partial charge in [-0.3, -0.25) is 0 Å². The number of ether oxygens (including phenoxy) is 2. The molecule has 1 aromatic rings. The van der Waals surface area contributed by atoms with E-state index in [4.69, 9.17) is 0 Å². The molecule has 0 saturated carbocycles. The lowest BCUT2D eigenvalue weighted by atomic mass is 10.2. The van der Waals surface area contributed by atoms with Crippen molar-refractivity contribution in [3.63, 3.8) is 0 Å². The topological polar surface area (TPSA) is 35.5 Å². The van der Waals surface area contributed by atoms with Crippen molar-refractivity contribution in [2.75, 3.05) is 6.61 Å². The monoisotopic (exact) mass is 266 g/mol. The molecule has 0 saturated heterocycles. The van der Waals surface area contributed by atoms with Crippen LogP contribution in [0.3, 0.4) is 0 Å². The van der Waals surface area contributed by atoms with Gasteiger partial charge in [-0.1, -0.05) is 6.07 Å². The molecule has 0 unspecified atom stereocenters. The molecule has 94 valence electrons. The summed E-state index contributed by atoms with van der Waals surface area (Å²) in [6.07, 6.45) is -4.89. The lowest BCUT2D eigenvalue weighted by molar-refractivity contribution is -0.275. The zero-order valence-electron chi connectivity index (χ0n) is 8.75. The Labute approximate surface area is 101 Å². The van der Waals surface area contributed by atoms with Crippen molar-refractivity contribution in [2.45, 2.75) is 18.2 Å². The highest BCUT2D eigenvalue weighted by atomic mass is 32.1. The van der Waals surface area contributed by atoms with Gasteiger partial charge in [0.1, 0.15) is 5.56 Å². The number of para-hydroxylation sites is 1. The second kappa shape index (κ2) is 5.31. The van der Waals surface area contributed by atoms with Crippen LogP contribution in [0.25, 0.3) is 0 Å². The Balaban J connectivity index is 3.13. The third-order valence-electron chi connectivity index (χ3n) is 1.71. The molecule has 0 fully saturated rings. The van der Waals surface area contributed by atoms with Crippen LogP contribution in [0.2, 0.25) is 0 Å². The molecule has 0 radical (unpaired) electrons. The van der Waals surface area contributed by atoms with Crippen LogP contribution < -0.4 is 4.74 Å². The third kappa shape index (κ3) is 3.85. The Morgan fingerprint density at radius 2 is 2.06 bits per heavy atom. The molecule has 0 N–H and O–H groups in total. The van der Waals surface area contributed by atoms with Gasteiger partial charge in [-0.05, 0) is 19.1 Å². The van der Waals surface area contributed by atoms with E-state index in [1.165, 1.54) is 18.2 Å². The van der Waals surface area contributed by atoms with E-state index in [0.29, 0.717) is 0 Å². The fourth-order valence-corrected chi connectivity index (χ4v) is 1.37. The number of benzene rings is 1. The third-order valence-corrected chi connectivity index (χ3v) is 2.06. The van der Waals surface area contributed by atoms with Crippen LogP contribution in [-0.4, -0.2) is 18.9 Å². The van der Waals surface area contributed by atoms with E-state index in [1.807, 2.05) is 0 Å². The summed E-state index contributed by atoms with van der Waals surface area (Å²) in [6, 6.07) is 3.85. The molecule has 0 heterocycles. The van der Waals surface area contributed by atoms with E-state index < -0.39 is 18.1 Å². The Morgan fingerprint density at radius 3 is 2.59 bits per heavy atom. The quantitative estimate of drug-likeness (QED) is 0.674. The molecule has 0 aromatic heterocycles. The fourth-order valence-electron chi connectivity index (χ4n) is 1.12. The zero-order valence-corrected chi connectivity index (χ0v) is 9.64. The van der Waals surface area contributed by atoms with Gasteiger partial charge in [-0.2, -0.15) is 0 Å². The Bertz CT molecular complexity index is 418. The molecule has 0 atom stereocenters. The Morgan fingerprint density at radius 1 is 1.41 bits per heavy atom. The van der Waals surface area contributed by atoms with Crippen molar-refractivity contribution < 1.29 is 27.4 Å². The molecule has 0 spiro atoms. The number of carbonyl (C=O) groups excluding carboxylic acids is 1. The van der Waals surface area contributed by atoms with Crippen LogP contribution in [0.5, 0.6) is 5.75 Å². The van der Waals surface area contributed by atoms with Crippen molar-refractivity contribution >= 4 is 18.6 Å². The lowest BCUT2D eigenvalue weighted by Crippen LogP contribution is -2.20. The molecule has 7 heteroatoms. The van der Waals surface area contributed by atoms with Crippen molar-refractivity contribution in [1.82, 2.24) is 0 Å². The van der Waals surface area contributed by atoms with Crippen molar-refractivity contribution in [1.29, 1.82) is 0 Å². The van der Waals surface area contributed by atoms with Gasteiger partial charge in [-0.15, -0.1) is 25.8 Å². The van der Waals surface area contributed by atoms with E-state index in [9.17, 15) is 18.0 Å². The van der Waals surface area contributed by atoms with Gasteiger partial charge in [0.15, 0.2) is 5.75 Å². The van der Waals surface area contributed by atoms with Crippen LogP contribution in [0.4, 0.5) is 13.2 Å². The van der Waals surface area contributed by atoms with E-state index in [2.05, 4.69) is 22.1 Å². The summed E-state index contributed by atoms with van der Waals surface area (Å²) in [7, 11) is 0. The first kappa shape index (κ1) is 13.7. The molecule has 0 aliphatic heterocycles. The highest BCUT2D eigenvalue weighted by molar-refractivity contribution is 7.80. The largest absolute Gasteiger partial charge is 0.573 e. The normalized spacial score (nSPS) is 11.1. The molecule has 3 nitrogen and oxygen atoms in total. The Hall–Kier alpha value is -1.37. The number of halogens is 3. The molecule has 1 rings (SSSR count). The molecule has 0 aliphatic carbocycles. The van der Waals surface area contributed by atoms with Gasteiger partial charge in [-0.25, -0.2) is 4.79 Å². The number of carbonyl (C=O) groups is 1. The van der Waals surface area contributed by atoms with Gasteiger partial charge >= 0.3 is 12.3 Å². The standard InChI is InChI=1S/C10H9F3O3S/c1-2-15-9(14)6-4-3-5-7(17)8(6)16-10(11,12)13/h3-5,17H,2H2,1H3. The van der Waals surface area contributed by atoms with Gasteiger partial charge in [0.2, 0.25) is 0 Å². The number of thiol groups is 1. The maximum atomic E-state index is 12.1. The number of rotatable bonds is 3. The minimum absolute atomic E-state index is 0.0566. The van der Waals surface area contributed by atoms with Gasteiger partial charge in [0.05, 0.1) is 6.61 Å². The summed E-state index contributed by atoms with van der Waals surface area (Å²) >= 11 is 3.81. The Kier molecular flexibility index (Phi) is 4.28. The molecular weight excluding hydrogens is 257 g/mol. The maximum Gasteiger partial charge on any atom is 0.573 e. The molecule has 17 heavy (non-hydrogen) atoms. The van der Waals surface area contributed by atoms with Crippen LogP contribution >= 0.6 is 12.6 Å². The average Bonchev–Trinajstić information content (AvgIpc) is 2.19. The number of esters is 1. The smallest absolute Gasteiger partial charge is 0.462 e. The van der Waals surface area contributed by atoms with Crippen molar-refractivity contribution in [3.05, 3.63) is 23.8 Å².